The van der Waals surface area contributed by atoms with Gasteiger partial charge in [-0.15, -0.1) is 0 Å². The molecule has 1 unspecified atom stereocenters. The number of hydrazine groups is 1. The van der Waals surface area contributed by atoms with E-state index in [-0.39, 0.29) is 0 Å². The molecule has 0 aliphatic carbocycles. The first-order valence-corrected chi connectivity index (χ1v) is 8.95. The molecule has 0 saturated carbocycles. The number of hydrogen-bond acceptors (Lipinski definition) is 4. The van der Waals surface area contributed by atoms with Crippen LogP contribution in [-0.2, 0) is 9.47 Å². The molecule has 1 heterocycles. The van der Waals surface area contributed by atoms with Crippen molar-refractivity contribution in [3.63, 3.8) is 0 Å². The van der Waals surface area contributed by atoms with Gasteiger partial charge in [-0.25, -0.2) is 20.0 Å². The Bertz CT molecular complexity index is 781. The monoisotopic (exact) mass is 375 g/mol. The van der Waals surface area contributed by atoms with Crippen LogP contribution in [0.1, 0.15) is 60.2 Å². The quantitative estimate of drug-likeness (QED) is 0.731. The number of nitrogens with one attached hydrogen (secondary N) is 2. The molecule has 7 nitrogen and oxygen atoms in total. The first kappa shape index (κ1) is 20.6. The molecule has 2 aromatic rings. The lowest BCUT2D eigenvalue weighted by Gasteiger charge is -2.32. The Hall–Kier alpha value is -2.70. The number of amides is 2. The average Bonchev–Trinajstić information content (AvgIpc) is 2.92. The minimum absolute atomic E-state index is 0.500. The lowest BCUT2D eigenvalue weighted by atomic mass is 10.2. The molecule has 7 heteroatoms. The summed E-state index contributed by atoms with van der Waals surface area (Å²) in [6.45, 7) is 12.4. The molecule has 0 aliphatic rings. The van der Waals surface area contributed by atoms with Crippen LogP contribution in [0.5, 0.6) is 0 Å². The Kier molecular flexibility index (Phi) is 5.73. The SMILES string of the molecule is CC(c1cc2ccccc2[nH]1)N(NC(=O)OC(C)(C)C)C(=O)OC(C)(C)C. The zero-order valence-electron chi connectivity index (χ0n) is 17.0. The van der Waals surface area contributed by atoms with Crippen molar-refractivity contribution in [3.05, 3.63) is 36.0 Å². The molecule has 148 valence electrons. The Morgan fingerprint density at radius 3 is 2.19 bits per heavy atom. The number of carbonyl (C=O) groups excluding carboxylic acids is 2. The fourth-order valence-corrected chi connectivity index (χ4v) is 2.47. The fraction of sp³-hybridized carbons (Fsp3) is 0.500. The number of H-pyrrole nitrogens is 1. The van der Waals surface area contributed by atoms with E-state index in [2.05, 4.69) is 10.4 Å². The number of aromatic amines is 1. The third-order valence-electron chi connectivity index (χ3n) is 3.59. The van der Waals surface area contributed by atoms with Crippen molar-refractivity contribution in [3.8, 4) is 0 Å². The second-order valence-corrected chi connectivity index (χ2v) is 8.45. The molecule has 27 heavy (non-hydrogen) atoms. The second kappa shape index (κ2) is 7.50. The maximum Gasteiger partial charge on any atom is 0.429 e. The summed E-state index contributed by atoms with van der Waals surface area (Å²) in [5.41, 5.74) is 2.83. The van der Waals surface area contributed by atoms with E-state index in [4.69, 9.17) is 9.47 Å². The predicted octanol–water partition coefficient (Wildman–Crippen LogP) is 4.91. The number of hydrogen-bond donors (Lipinski definition) is 2. The molecule has 1 aromatic carbocycles. The van der Waals surface area contributed by atoms with Gasteiger partial charge in [-0.05, 0) is 66.0 Å². The third-order valence-corrected chi connectivity index (χ3v) is 3.59. The van der Waals surface area contributed by atoms with Gasteiger partial charge in [0.1, 0.15) is 11.2 Å². The highest BCUT2D eigenvalue weighted by Gasteiger charge is 2.31. The summed E-state index contributed by atoms with van der Waals surface area (Å²) in [7, 11) is 0. The van der Waals surface area contributed by atoms with E-state index in [1.807, 2.05) is 30.3 Å². The summed E-state index contributed by atoms with van der Waals surface area (Å²) in [6.07, 6.45) is -1.39. The number of carbonyl (C=O) groups is 2. The molecule has 0 saturated heterocycles. The molecule has 0 radical (unpaired) electrons. The lowest BCUT2D eigenvalue weighted by Crippen LogP contribution is -2.50. The normalized spacial score (nSPS) is 13.1. The molecule has 1 atom stereocenters. The zero-order chi connectivity index (χ0) is 20.4. The summed E-state index contributed by atoms with van der Waals surface area (Å²) in [5, 5.41) is 2.16. The van der Waals surface area contributed by atoms with Crippen LogP contribution in [0.2, 0.25) is 0 Å². The largest absolute Gasteiger partial charge is 0.443 e. The van der Waals surface area contributed by atoms with E-state index >= 15 is 0 Å². The molecular formula is C20H29N3O4. The van der Waals surface area contributed by atoms with Crippen molar-refractivity contribution in [2.75, 3.05) is 0 Å². The maximum absolute atomic E-state index is 12.7. The topological polar surface area (TPSA) is 83.7 Å². The van der Waals surface area contributed by atoms with E-state index in [1.54, 1.807) is 48.5 Å². The van der Waals surface area contributed by atoms with Gasteiger partial charge in [0.15, 0.2) is 0 Å². The number of ether oxygens (including phenoxy) is 2. The highest BCUT2D eigenvalue weighted by atomic mass is 16.6. The van der Waals surface area contributed by atoms with Gasteiger partial charge in [-0.2, -0.15) is 0 Å². The lowest BCUT2D eigenvalue weighted by molar-refractivity contribution is -0.00839. The standard InChI is InChI=1S/C20H29N3O4/c1-13(16-12-14-10-8-9-11-15(14)21-16)23(18(25)27-20(5,6)7)22-17(24)26-19(2,3)4/h8-13,21H,1-7H3,(H,22,24). The molecule has 0 spiro atoms. The number of benzene rings is 1. The van der Waals surface area contributed by atoms with Crippen LogP contribution in [0.25, 0.3) is 10.9 Å². The zero-order valence-corrected chi connectivity index (χ0v) is 17.0. The highest BCUT2D eigenvalue weighted by Crippen LogP contribution is 2.25. The fourth-order valence-electron chi connectivity index (χ4n) is 2.47. The second-order valence-electron chi connectivity index (χ2n) is 8.45. The van der Waals surface area contributed by atoms with Crippen LogP contribution in [0.4, 0.5) is 9.59 Å². The summed E-state index contributed by atoms with van der Waals surface area (Å²) in [6, 6.07) is 9.23. The summed E-state index contributed by atoms with van der Waals surface area (Å²) < 4.78 is 10.7. The minimum atomic E-state index is -0.726. The number of fused-ring (bicyclic) bond motifs is 1. The highest BCUT2D eigenvalue weighted by molar-refractivity contribution is 5.81. The molecule has 2 N–H and O–H groups in total. The molecule has 0 aliphatic heterocycles. The van der Waals surface area contributed by atoms with Gasteiger partial charge in [0.2, 0.25) is 0 Å². The van der Waals surface area contributed by atoms with Crippen molar-refractivity contribution >= 4 is 23.1 Å². The van der Waals surface area contributed by atoms with E-state index in [0.29, 0.717) is 0 Å². The Labute approximate surface area is 160 Å². The van der Waals surface area contributed by atoms with E-state index in [9.17, 15) is 9.59 Å². The van der Waals surface area contributed by atoms with Crippen molar-refractivity contribution in [2.45, 2.75) is 65.7 Å². The van der Waals surface area contributed by atoms with Crippen molar-refractivity contribution < 1.29 is 19.1 Å². The van der Waals surface area contributed by atoms with Gasteiger partial charge >= 0.3 is 12.2 Å². The summed E-state index contributed by atoms with van der Waals surface area (Å²) in [4.78, 5) is 28.2. The molecule has 0 fully saturated rings. The average molecular weight is 375 g/mol. The van der Waals surface area contributed by atoms with Crippen molar-refractivity contribution in [1.29, 1.82) is 0 Å². The number of para-hydroxylation sites is 1. The van der Waals surface area contributed by atoms with Crippen LogP contribution in [0, 0.1) is 0 Å². The molecular weight excluding hydrogens is 346 g/mol. The van der Waals surface area contributed by atoms with Crippen LogP contribution < -0.4 is 5.43 Å². The van der Waals surface area contributed by atoms with Gasteiger partial charge in [-0.1, -0.05) is 18.2 Å². The van der Waals surface area contributed by atoms with Crippen molar-refractivity contribution in [1.82, 2.24) is 15.4 Å². The number of rotatable bonds is 2. The Morgan fingerprint density at radius 2 is 1.63 bits per heavy atom. The molecule has 0 bridgehead atoms. The summed E-state index contributed by atoms with van der Waals surface area (Å²) in [5.74, 6) is 0. The van der Waals surface area contributed by atoms with Gasteiger partial charge in [-0.3, -0.25) is 0 Å². The van der Waals surface area contributed by atoms with Gasteiger partial charge in [0.05, 0.1) is 6.04 Å². The van der Waals surface area contributed by atoms with Gasteiger partial charge in [0, 0.05) is 11.2 Å². The van der Waals surface area contributed by atoms with Crippen LogP contribution in [0.3, 0.4) is 0 Å². The van der Waals surface area contributed by atoms with Crippen LogP contribution in [0.15, 0.2) is 30.3 Å². The summed E-state index contributed by atoms with van der Waals surface area (Å²) >= 11 is 0. The van der Waals surface area contributed by atoms with Crippen LogP contribution >= 0.6 is 0 Å². The minimum Gasteiger partial charge on any atom is -0.443 e. The Balaban J connectivity index is 2.29. The number of aromatic nitrogens is 1. The first-order chi connectivity index (χ1) is 12.4. The Morgan fingerprint density at radius 1 is 1.04 bits per heavy atom. The van der Waals surface area contributed by atoms with E-state index < -0.39 is 29.4 Å². The predicted molar refractivity (Wildman–Crippen MR) is 104 cm³/mol. The van der Waals surface area contributed by atoms with E-state index in [1.165, 1.54) is 0 Å². The number of nitrogens with zero attached hydrogens (tertiary/aromatic N) is 1. The first-order valence-electron chi connectivity index (χ1n) is 8.95. The van der Waals surface area contributed by atoms with Gasteiger partial charge in [0.25, 0.3) is 0 Å². The molecule has 2 amide bonds. The third kappa shape index (κ3) is 5.91. The van der Waals surface area contributed by atoms with Crippen LogP contribution in [-0.4, -0.2) is 33.4 Å². The molecule has 1 aromatic heterocycles. The van der Waals surface area contributed by atoms with E-state index in [0.717, 1.165) is 21.6 Å². The smallest absolute Gasteiger partial charge is 0.429 e. The maximum atomic E-state index is 12.7. The van der Waals surface area contributed by atoms with Gasteiger partial charge < -0.3 is 14.5 Å². The molecule has 2 rings (SSSR count). The van der Waals surface area contributed by atoms with Crippen molar-refractivity contribution in [2.24, 2.45) is 0 Å².